The normalized spacial score (nSPS) is 12.0. The van der Waals surface area contributed by atoms with Gasteiger partial charge < -0.3 is 14.5 Å². The molecule has 0 bridgehead atoms. The van der Waals surface area contributed by atoms with Gasteiger partial charge in [-0.05, 0) is 85.3 Å². The minimum Gasteiger partial charge on any atom is -0.484 e. The molecule has 1 N–H and O–H groups in total. The number of hydrogen-bond acceptors (Lipinski definition) is 4. The lowest BCUT2D eigenvalue weighted by Gasteiger charge is -2.09. The first-order chi connectivity index (χ1) is 15.4. The molecule has 0 saturated carbocycles. The number of nitrogens with one attached hydrogen (secondary N) is 1. The summed E-state index contributed by atoms with van der Waals surface area (Å²) < 4.78 is 11.6. The number of oxazole rings is 1. The number of rotatable bonds is 7. The molecule has 0 unspecified atom stereocenters. The monoisotopic (exact) mass is 428 g/mol. The second-order valence-electron chi connectivity index (χ2n) is 8.22. The molecule has 0 saturated heterocycles. The van der Waals surface area contributed by atoms with Crippen LogP contribution >= 0.6 is 0 Å². The van der Waals surface area contributed by atoms with Crippen LogP contribution in [0.25, 0.3) is 22.6 Å². The predicted octanol–water partition coefficient (Wildman–Crippen LogP) is 6.64. The Morgan fingerprint density at radius 3 is 2.69 bits per heavy atom. The molecule has 1 heterocycles. The van der Waals surface area contributed by atoms with E-state index in [9.17, 15) is 4.79 Å². The maximum Gasteiger partial charge on any atom is 0.262 e. The third-order valence-corrected chi connectivity index (χ3v) is 5.83. The molecule has 5 heteroatoms. The Labute approximate surface area is 188 Å². The number of anilines is 1. The van der Waals surface area contributed by atoms with Gasteiger partial charge in [-0.2, -0.15) is 0 Å². The van der Waals surface area contributed by atoms with Gasteiger partial charge in [0.15, 0.2) is 12.2 Å². The van der Waals surface area contributed by atoms with E-state index in [0.717, 1.165) is 28.6 Å². The van der Waals surface area contributed by atoms with E-state index in [4.69, 9.17) is 9.15 Å². The molecular weight excluding hydrogens is 400 g/mol. The zero-order valence-corrected chi connectivity index (χ0v) is 18.9. The highest BCUT2D eigenvalue weighted by molar-refractivity contribution is 5.92. The Kier molecular flexibility index (Phi) is 6.26. The highest BCUT2D eigenvalue weighted by atomic mass is 16.5. The van der Waals surface area contributed by atoms with E-state index in [1.54, 1.807) is 0 Å². The van der Waals surface area contributed by atoms with E-state index in [1.165, 1.54) is 11.1 Å². The van der Waals surface area contributed by atoms with Crippen LogP contribution in [0, 0.1) is 13.8 Å². The van der Waals surface area contributed by atoms with Crippen molar-refractivity contribution < 1.29 is 13.9 Å². The van der Waals surface area contributed by atoms with Crippen molar-refractivity contribution in [1.29, 1.82) is 0 Å². The van der Waals surface area contributed by atoms with Crippen LogP contribution in [0.1, 0.15) is 42.9 Å². The molecule has 0 fully saturated rings. The number of amides is 1. The van der Waals surface area contributed by atoms with E-state index in [-0.39, 0.29) is 12.5 Å². The first-order valence-electron chi connectivity index (χ1n) is 10.9. The summed E-state index contributed by atoms with van der Waals surface area (Å²) in [5.41, 5.74) is 6.64. The number of carbonyl (C=O) groups excluding carboxylic acids is 1. The Hall–Kier alpha value is -3.60. The Morgan fingerprint density at radius 2 is 1.91 bits per heavy atom. The quantitative estimate of drug-likeness (QED) is 0.358. The van der Waals surface area contributed by atoms with Gasteiger partial charge in [0.2, 0.25) is 5.89 Å². The van der Waals surface area contributed by atoms with Crippen LogP contribution in [-0.4, -0.2) is 17.5 Å². The van der Waals surface area contributed by atoms with Gasteiger partial charge in [-0.1, -0.05) is 32.0 Å². The number of benzene rings is 3. The van der Waals surface area contributed by atoms with Crippen LogP contribution in [0.5, 0.6) is 5.75 Å². The smallest absolute Gasteiger partial charge is 0.262 e. The summed E-state index contributed by atoms with van der Waals surface area (Å²) in [5, 5.41) is 2.88. The first kappa shape index (κ1) is 21.6. The van der Waals surface area contributed by atoms with Gasteiger partial charge in [-0.3, -0.25) is 4.79 Å². The Bertz CT molecular complexity index is 1260. The van der Waals surface area contributed by atoms with Crippen LogP contribution in [0.4, 0.5) is 5.69 Å². The summed E-state index contributed by atoms with van der Waals surface area (Å²) in [6.45, 7) is 8.38. The van der Waals surface area contributed by atoms with Crippen LogP contribution in [0.3, 0.4) is 0 Å². The Balaban J connectivity index is 1.46. The van der Waals surface area contributed by atoms with E-state index in [2.05, 4.69) is 36.3 Å². The highest BCUT2D eigenvalue weighted by Crippen LogP contribution is 2.29. The predicted molar refractivity (Wildman–Crippen MR) is 128 cm³/mol. The molecular formula is C27H28N2O3. The van der Waals surface area contributed by atoms with E-state index in [1.807, 2.05) is 62.4 Å². The van der Waals surface area contributed by atoms with Crippen molar-refractivity contribution in [1.82, 2.24) is 4.98 Å². The lowest BCUT2D eigenvalue weighted by molar-refractivity contribution is -0.118. The summed E-state index contributed by atoms with van der Waals surface area (Å²) in [6, 6.07) is 19.4. The average Bonchev–Trinajstić information content (AvgIpc) is 3.23. The largest absolute Gasteiger partial charge is 0.484 e. The van der Waals surface area contributed by atoms with Crippen molar-refractivity contribution in [3.05, 3.63) is 77.4 Å². The van der Waals surface area contributed by atoms with Crippen LogP contribution in [-0.2, 0) is 4.79 Å². The molecule has 0 aliphatic carbocycles. The molecule has 1 atom stereocenters. The number of ether oxygens (including phenoxy) is 1. The van der Waals surface area contributed by atoms with Gasteiger partial charge in [0.05, 0.1) is 0 Å². The van der Waals surface area contributed by atoms with Crippen LogP contribution < -0.4 is 10.1 Å². The molecule has 164 valence electrons. The van der Waals surface area contributed by atoms with E-state index >= 15 is 0 Å². The maximum absolute atomic E-state index is 12.4. The first-order valence-corrected chi connectivity index (χ1v) is 10.9. The van der Waals surface area contributed by atoms with Crippen molar-refractivity contribution >= 4 is 22.7 Å². The van der Waals surface area contributed by atoms with Gasteiger partial charge >= 0.3 is 0 Å². The summed E-state index contributed by atoms with van der Waals surface area (Å²) in [5.74, 6) is 1.46. The standard InChI is InChI=1S/C27H28N2O3/c1-5-17(2)20-10-12-25-24(15-20)29-27(32-25)21-7-6-8-22(14-21)28-26(30)16-31-23-11-9-18(3)19(4)13-23/h6-15,17H,5,16H2,1-4H3,(H,28,30)/t17-/m1/s1. The molecule has 1 aromatic heterocycles. The summed E-state index contributed by atoms with van der Waals surface area (Å²) >= 11 is 0. The topological polar surface area (TPSA) is 64.4 Å². The number of hydrogen-bond donors (Lipinski definition) is 1. The fourth-order valence-corrected chi connectivity index (χ4v) is 3.49. The number of fused-ring (bicyclic) bond motifs is 1. The lowest BCUT2D eigenvalue weighted by atomic mass is 9.98. The Morgan fingerprint density at radius 1 is 1.06 bits per heavy atom. The van der Waals surface area contributed by atoms with Crippen molar-refractivity contribution in [3.8, 4) is 17.2 Å². The van der Waals surface area contributed by atoms with Crippen molar-refractivity contribution in [3.63, 3.8) is 0 Å². The number of aryl methyl sites for hydroxylation is 2. The molecule has 4 aromatic rings. The van der Waals surface area contributed by atoms with Gasteiger partial charge in [0, 0.05) is 11.3 Å². The lowest BCUT2D eigenvalue weighted by Crippen LogP contribution is -2.20. The van der Waals surface area contributed by atoms with Crippen LogP contribution in [0.15, 0.2) is 65.1 Å². The summed E-state index contributed by atoms with van der Waals surface area (Å²) in [4.78, 5) is 17.0. The minimum absolute atomic E-state index is 0.0615. The fraction of sp³-hybridized carbons (Fsp3) is 0.259. The molecule has 0 spiro atoms. The molecule has 0 aliphatic heterocycles. The second kappa shape index (κ2) is 9.27. The van der Waals surface area contributed by atoms with Crippen molar-refractivity contribution in [2.45, 2.75) is 40.0 Å². The molecule has 1 amide bonds. The van der Waals surface area contributed by atoms with Gasteiger partial charge in [-0.15, -0.1) is 0 Å². The zero-order chi connectivity index (χ0) is 22.7. The third kappa shape index (κ3) is 4.83. The second-order valence-corrected chi connectivity index (χ2v) is 8.22. The molecule has 0 aliphatic rings. The minimum atomic E-state index is -0.226. The van der Waals surface area contributed by atoms with E-state index < -0.39 is 0 Å². The summed E-state index contributed by atoms with van der Waals surface area (Å²) in [7, 11) is 0. The third-order valence-electron chi connectivity index (χ3n) is 5.83. The molecule has 5 nitrogen and oxygen atoms in total. The highest BCUT2D eigenvalue weighted by Gasteiger charge is 2.12. The zero-order valence-electron chi connectivity index (χ0n) is 18.9. The van der Waals surface area contributed by atoms with Gasteiger partial charge in [0.25, 0.3) is 5.91 Å². The average molecular weight is 429 g/mol. The molecule has 4 rings (SSSR count). The maximum atomic E-state index is 12.4. The van der Waals surface area contributed by atoms with Gasteiger partial charge in [0.1, 0.15) is 11.3 Å². The van der Waals surface area contributed by atoms with Crippen molar-refractivity contribution in [2.75, 3.05) is 11.9 Å². The van der Waals surface area contributed by atoms with E-state index in [0.29, 0.717) is 23.2 Å². The number of nitrogens with zero attached hydrogens (tertiary/aromatic N) is 1. The summed E-state index contributed by atoms with van der Waals surface area (Å²) in [6.07, 6.45) is 1.07. The molecule has 3 aromatic carbocycles. The van der Waals surface area contributed by atoms with Crippen molar-refractivity contribution in [2.24, 2.45) is 0 Å². The number of aromatic nitrogens is 1. The number of carbonyl (C=O) groups is 1. The van der Waals surface area contributed by atoms with Gasteiger partial charge in [-0.25, -0.2) is 4.98 Å². The SMILES string of the molecule is CC[C@@H](C)c1ccc2oc(-c3cccc(NC(=O)COc4ccc(C)c(C)c4)c3)nc2c1. The molecule has 32 heavy (non-hydrogen) atoms. The fourth-order valence-electron chi connectivity index (χ4n) is 3.49. The molecule has 0 radical (unpaired) electrons. The van der Waals surface area contributed by atoms with Crippen LogP contribution in [0.2, 0.25) is 0 Å².